The predicted molar refractivity (Wildman–Crippen MR) is 153 cm³/mol. The Hall–Kier alpha value is -4.40. The molecule has 0 saturated carbocycles. The summed E-state index contributed by atoms with van der Waals surface area (Å²) in [7, 11) is 1.64. The zero-order valence-electron chi connectivity index (χ0n) is 21.9. The van der Waals surface area contributed by atoms with E-state index in [9.17, 15) is 19.6 Å². The van der Waals surface area contributed by atoms with Crippen LogP contribution in [0.4, 0.5) is 0 Å². The summed E-state index contributed by atoms with van der Waals surface area (Å²) in [5.74, 6) is -1.04. The van der Waals surface area contributed by atoms with Gasteiger partial charge in [-0.2, -0.15) is 0 Å². The number of methoxy groups -OCH3 is 1. The lowest BCUT2D eigenvalue weighted by molar-refractivity contribution is -0.131. The van der Waals surface area contributed by atoms with Crippen LogP contribution in [0.5, 0.6) is 5.75 Å². The van der Waals surface area contributed by atoms with Gasteiger partial charge in [-0.1, -0.05) is 66.4 Å². The number of carbonyl (C=O) groups excluding carboxylic acids is 3. The molecule has 1 aliphatic rings. The van der Waals surface area contributed by atoms with Crippen LogP contribution in [0.1, 0.15) is 45.0 Å². The lowest BCUT2D eigenvalue weighted by atomic mass is 9.93. The first-order chi connectivity index (χ1) is 19.5. The molecule has 0 saturated heterocycles. The molecule has 7 nitrogen and oxygen atoms in total. The molecule has 0 aromatic heterocycles. The fourth-order valence-electron chi connectivity index (χ4n) is 4.89. The Kier molecular flexibility index (Phi) is 8.28. The third-order valence-corrected chi connectivity index (χ3v) is 8.08. The number of imide groups is 1. The summed E-state index contributed by atoms with van der Waals surface area (Å²) in [4.78, 5) is 41.3. The molecule has 5 rings (SSSR count). The summed E-state index contributed by atoms with van der Waals surface area (Å²) in [6.07, 6.45) is 0.743. The van der Waals surface area contributed by atoms with Crippen LogP contribution in [0, 0.1) is 0 Å². The zero-order valence-corrected chi connectivity index (χ0v) is 22.7. The quantitative estimate of drug-likeness (QED) is 0.139. The molecule has 1 heterocycles. The number of benzene rings is 4. The van der Waals surface area contributed by atoms with E-state index in [1.165, 1.54) is 16.7 Å². The zero-order chi connectivity index (χ0) is 28.1. The number of amides is 3. The lowest BCUT2D eigenvalue weighted by Gasteiger charge is -2.20. The van der Waals surface area contributed by atoms with Gasteiger partial charge < -0.3 is 4.74 Å². The Labute approximate surface area is 236 Å². The number of rotatable bonds is 10. The van der Waals surface area contributed by atoms with Crippen LogP contribution in [-0.4, -0.2) is 41.5 Å². The van der Waals surface area contributed by atoms with Crippen molar-refractivity contribution in [3.8, 4) is 16.9 Å². The Balaban J connectivity index is 1.29. The van der Waals surface area contributed by atoms with Crippen LogP contribution in [0.3, 0.4) is 0 Å². The molecule has 1 aliphatic heterocycles. The Morgan fingerprint density at radius 3 is 2.02 bits per heavy atom. The number of hydroxylamine groups is 1. The standard InChI is InChI=1S/C32H28N2O5S/c1-39-23-16-12-21(13-17-23)22-14-18-24(19-15-22)40-29-11-5-4-7-25(29)26(30(35)33-38)10-6-20-34-31(36)27-8-2-3-9-28(27)32(34)37/h2-5,7-9,11-19,26,38H,6,10,20H2,1H3,(H,33,35). The number of nitrogens with one attached hydrogen (secondary N) is 1. The highest BCUT2D eigenvalue weighted by molar-refractivity contribution is 7.99. The van der Waals surface area contributed by atoms with Crippen molar-refractivity contribution < 1.29 is 24.3 Å². The lowest BCUT2D eigenvalue weighted by Crippen LogP contribution is -2.32. The molecule has 3 amide bonds. The molecule has 0 spiro atoms. The maximum absolute atomic E-state index is 12.8. The number of fused-ring (bicyclic) bond motifs is 1. The van der Waals surface area contributed by atoms with Gasteiger partial charge in [0.05, 0.1) is 24.2 Å². The minimum Gasteiger partial charge on any atom is -0.497 e. The first-order valence-corrected chi connectivity index (χ1v) is 13.7. The summed E-state index contributed by atoms with van der Waals surface area (Å²) in [5.41, 5.74) is 5.51. The second-order valence-corrected chi connectivity index (χ2v) is 10.5. The third kappa shape index (κ3) is 5.64. The fraction of sp³-hybridized carbons (Fsp3) is 0.156. The van der Waals surface area contributed by atoms with Gasteiger partial charge in [0.1, 0.15) is 5.75 Å². The third-order valence-electron chi connectivity index (χ3n) is 6.98. The van der Waals surface area contributed by atoms with Gasteiger partial charge in [0.25, 0.3) is 17.7 Å². The van der Waals surface area contributed by atoms with E-state index in [2.05, 4.69) is 0 Å². The SMILES string of the molecule is COc1ccc(-c2ccc(Sc3ccccc3C(CCCN3C(=O)c4ccccc4C3=O)C(=O)NO)cc2)cc1. The van der Waals surface area contributed by atoms with Crippen molar-refractivity contribution >= 4 is 29.5 Å². The summed E-state index contributed by atoms with van der Waals surface area (Å²) in [5, 5.41) is 9.50. The summed E-state index contributed by atoms with van der Waals surface area (Å²) in [6.45, 7) is 0.184. The molecule has 1 unspecified atom stereocenters. The molecule has 40 heavy (non-hydrogen) atoms. The molecule has 1 atom stereocenters. The smallest absolute Gasteiger partial charge is 0.261 e. The van der Waals surface area contributed by atoms with Crippen LogP contribution in [0.2, 0.25) is 0 Å². The van der Waals surface area contributed by atoms with E-state index in [0.717, 1.165) is 32.2 Å². The van der Waals surface area contributed by atoms with Gasteiger partial charge in [0.2, 0.25) is 0 Å². The molecular formula is C32H28N2O5S. The number of carbonyl (C=O) groups is 3. The van der Waals surface area contributed by atoms with Gasteiger partial charge in [-0.3, -0.25) is 24.5 Å². The first kappa shape index (κ1) is 27.2. The molecule has 0 bridgehead atoms. The average molecular weight is 553 g/mol. The monoisotopic (exact) mass is 552 g/mol. The van der Waals surface area contributed by atoms with E-state index in [1.54, 1.807) is 36.9 Å². The van der Waals surface area contributed by atoms with E-state index in [4.69, 9.17) is 4.74 Å². The summed E-state index contributed by atoms with van der Waals surface area (Å²) < 4.78 is 5.24. The van der Waals surface area contributed by atoms with Crippen LogP contribution in [0.25, 0.3) is 11.1 Å². The molecule has 0 radical (unpaired) electrons. The van der Waals surface area contributed by atoms with Crippen molar-refractivity contribution in [3.05, 3.63) is 114 Å². The summed E-state index contributed by atoms with van der Waals surface area (Å²) in [6, 6.07) is 30.4. The van der Waals surface area contributed by atoms with Crippen molar-refractivity contribution in [1.29, 1.82) is 0 Å². The van der Waals surface area contributed by atoms with Crippen molar-refractivity contribution in [3.63, 3.8) is 0 Å². The number of hydrogen-bond donors (Lipinski definition) is 2. The normalized spacial score (nSPS) is 13.2. The second-order valence-electron chi connectivity index (χ2n) is 9.37. The van der Waals surface area contributed by atoms with Crippen LogP contribution < -0.4 is 10.2 Å². The molecular weight excluding hydrogens is 524 g/mol. The van der Waals surface area contributed by atoms with Crippen molar-refractivity contribution in [2.24, 2.45) is 0 Å². The molecule has 2 N–H and O–H groups in total. The van der Waals surface area contributed by atoms with Crippen molar-refractivity contribution in [2.45, 2.75) is 28.6 Å². The Morgan fingerprint density at radius 2 is 1.43 bits per heavy atom. The Morgan fingerprint density at radius 1 is 0.850 bits per heavy atom. The number of ether oxygens (including phenoxy) is 1. The minimum atomic E-state index is -0.664. The molecule has 4 aromatic rings. The predicted octanol–water partition coefficient (Wildman–Crippen LogP) is 6.18. The fourth-order valence-corrected chi connectivity index (χ4v) is 5.89. The van der Waals surface area contributed by atoms with Gasteiger partial charge in [-0.05, 0) is 72.0 Å². The Bertz CT molecular complexity index is 1500. The van der Waals surface area contributed by atoms with Gasteiger partial charge in [0.15, 0.2) is 0 Å². The minimum absolute atomic E-state index is 0.184. The second kappa shape index (κ2) is 12.2. The van der Waals surface area contributed by atoms with Crippen molar-refractivity contribution in [1.82, 2.24) is 10.4 Å². The van der Waals surface area contributed by atoms with Crippen LogP contribution in [0.15, 0.2) is 107 Å². The maximum atomic E-state index is 12.8. The highest BCUT2D eigenvalue weighted by Gasteiger charge is 2.35. The highest BCUT2D eigenvalue weighted by Crippen LogP contribution is 2.37. The van der Waals surface area contributed by atoms with E-state index >= 15 is 0 Å². The topological polar surface area (TPSA) is 95.9 Å². The van der Waals surface area contributed by atoms with Gasteiger partial charge in [0, 0.05) is 16.3 Å². The highest BCUT2D eigenvalue weighted by atomic mass is 32.2. The molecule has 202 valence electrons. The number of nitrogens with zero attached hydrogens (tertiary/aromatic N) is 1. The van der Waals surface area contributed by atoms with Crippen LogP contribution >= 0.6 is 11.8 Å². The van der Waals surface area contributed by atoms with E-state index in [0.29, 0.717) is 24.0 Å². The van der Waals surface area contributed by atoms with E-state index < -0.39 is 11.8 Å². The molecule has 0 fully saturated rings. The van der Waals surface area contributed by atoms with E-state index in [-0.39, 0.29) is 18.4 Å². The first-order valence-electron chi connectivity index (χ1n) is 12.9. The van der Waals surface area contributed by atoms with Gasteiger partial charge in [-0.15, -0.1) is 0 Å². The molecule has 8 heteroatoms. The molecule has 0 aliphatic carbocycles. The average Bonchev–Trinajstić information content (AvgIpc) is 3.24. The number of hydrogen-bond acceptors (Lipinski definition) is 6. The maximum Gasteiger partial charge on any atom is 0.261 e. The largest absolute Gasteiger partial charge is 0.497 e. The van der Waals surface area contributed by atoms with Crippen molar-refractivity contribution in [2.75, 3.05) is 13.7 Å². The van der Waals surface area contributed by atoms with E-state index in [1.807, 2.05) is 72.8 Å². The van der Waals surface area contributed by atoms with Gasteiger partial charge >= 0.3 is 0 Å². The molecule has 4 aromatic carbocycles. The van der Waals surface area contributed by atoms with Gasteiger partial charge in [-0.25, -0.2) is 5.48 Å². The summed E-state index contributed by atoms with van der Waals surface area (Å²) >= 11 is 1.53. The van der Waals surface area contributed by atoms with Crippen LogP contribution in [-0.2, 0) is 4.79 Å².